The molecule has 4 rings (SSSR count). The van der Waals surface area contributed by atoms with Crippen LogP contribution in [0.3, 0.4) is 0 Å². The molecule has 0 atom stereocenters. The predicted octanol–water partition coefficient (Wildman–Crippen LogP) is 1.71. The third-order valence-electron chi connectivity index (χ3n) is 4.95. The first-order chi connectivity index (χ1) is 15.9. The molecule has 2 N–H and O–H groups in total. The zero-order chi connectivity index (χ0) is 23.4. The average molecular weight is 470 g/mol. The van der Waals surface area contributed by atoms with Crippen molar-refractivity contribution in [1.29, 1.82) is 0 Å². The minimum atomic E-state index is -3.54. The fraction of sp³-hybridized carbons (Fsp3) is 0.238. The summed E-state index contributed by atoms with van der Waals surface area (Å²) in [7, 11) is -0.627. The summed E-state index contributed by atoms with van der Waals surface area (Å²) in [4.78, 5) is 21.1. The van der Waals surface area contributed by atoms with Crippen molar-refractivity contribution in [3.63, 3.8) is 0 Å². The predicted molar refractivity (Wildman–Crippen MR) is 121 cm³/mol. The van der Waals surface area contributed by atoms with Crippen LogP contribution in [0, 0.1) is 0 Å². The third-order valence-corrected chi connectivity index (χ3v) is 6.78. The van der Waals surface area contributed by atoms with Crippen LogP contribution in [0.15, 0.2) is 64.5 Å². The summed E-state index contributed by atoms with van der Waals surface area (Å²) < 4.78 is 32.4. The van der Waals surface area contributed by atoms with Gasteiger partial charge in [-0.1, -0.05) is 0 Å². The number of carbonyl (C=O) groups is 1. The summed E-state index contributed by atoms with van der Waals surface area (Å²) >= 11 is 0. The monoisotopic (exact) mass is 469 g/mol. The lowest BCUT2D eigenvalue weighted by Gasteiger charge is -2.11. The Morgan fingerprint density at radius 3 is 2.64 bits per heavy atom. The van der Waals surface area contributed by atoms with Gasteiger partial charge in [-0.3, -0.25) is 4.79 Å². The molecule has 1 amide bonds. The molecule has 0 spiro atoms. The van der Waals surface area contributed by atoms with Gasteiger partial charge in [-0.05, 0) is 36.4 Å². The van der Waals surface area contributed by atoms with Crippen LogP contribution in [0.25, 0.3) is 11.0 Å². The number of rotatable bonds is 9. The van der Waals surface area contributed by atoms with Gasteiger partial charge in [0.25, 0.3) is 5.91 Å². The van der Waals surface area contributed by atoms with Crippen LogP contribution in [-0.2, 0) is 23.1 Å². The summed E-state index contributed by atoms with van der Waals surface area (Å²) in [5.74, 6) is 1.11. The molecule has 33 heavy (non-hydrogen) atoms. The van der Waals surface area contributed by atoms with Gasteiger partial charge in [-0.15, -0.1) is 0 Å². The number of hydrogen-bond acceptors (Lipinski definition) is 8. The van der Waals surface area contributed by atoms with Crippen molar-refractivity contribution in [1.82, 2.24) is 29.4 Å². The van der Waals surface area contributed by atoms with Crippen molar-refractivity contribution < 1.29 is 17.6 Å². The Balaban J connectivity index is 1.37. The first-order valence-corrected chi connectivity index (χ1v) is 11.5. The molecule has 0 saturated heterocycles. The van der Waals surface area contributed by atoms with Gasteiger partial charge in [0, 0.05) is 26.2 Å². The zero-order valence-electron chi connectivity index (χ0n) is 18.1. The first kappa shape index (κ1) is 22.4. The highest BCUT2D eigenvalue weighted by molar-refractivity contribution is 7.89. The lowest BCUT2D eigenvalue weighted by Crippen LogP contribution is -2.27. The molecule has 3 heterocycles. The number of nitrogens with zero attached hydrogens (tertiary/aromatic N) is 5. The van der Waals surface area contributed by atoms with E-state index in [9.17, 15) is 13.2 Å². The molecule has 0 fully saturated rings. The SMILES string of the molecule is CN(C)S(=O)(=O)c1ccc(C(=O)NCCn2ncc3c(NCc4ccco4)ncnc32)cc1. The Morgan fingerprint density at radius 2 is 1.94 bits per heavy atom. The van der Waals surface area contributed by atoms with E-state index in [1.54, 1.807) is 17.1 Å². The standard InChI is InChI=1S/C21H23N7O4S/c1-27(2)33(30,31)17-7-5-15(6-8-17)21(29)22-9-10-28-20-18(13-26-28)19(24-14-25-20)23-12-16-4-3-11-32-16/h3-8,11,13-14H,9-10,12H2,1-2H3,(H,22,29)(H,23,24,25). The minimum absolute atomic E-state index is 0.128. The van der Waals surface area contributed by atoms with E-state index >= 15 is 0 Å². The topological polar surface area (TPSA) is 135 Å². The summed E-state index contributed by atoms with van der Waals surface area (Å²) in [6.45, 7) is 1.19. The van der Waals surface area contributed by atoms with Crippen LogP contribution in [0.1, 0.15) is 16.1 Å². The maximum absolute atomic E-state index is 12.4. The molecular formula is C21H23N7O4S. The summed E-state index contributed by atoms with van der Waals surface area (Å²) in [6, 6.07) is 9.49. The highest BCUT2D eigenvalue weighted by Gasteiger charge is 2.17. The van der Waals surface area contributed by atoms with Gasteiger partial charge >= 0.3 is 0 Å². The number of benzene rings is 1. The van der Waals surface area contributed by atoms with Crippen LogP contribution >= 0.6 is 0 Å². The van der Waals surface area contributed by atoms with Gasteiger partial charge in [0.05, 0.1) is 35.8 Å². The third kappa shape index (κ3) is 4.86. The number of sulfonamides is 1. The molecule has 0 saturated carbocycles. The molecule has 3 aromatic heterocycles. The molecular weight excluding hydrogens is 446 g/mol. The number of aromatic nitrogens is 4. The van der Waals surface area contributed by atoms with Crippen molar-refractivity contribution >= 4 is 32.8 Å². The molecule has 11 nitrogen and oxygen atoms in total. The molecule has 1 aromatic carbocycles. The zero-order valence-corrected chi connectivity index (χ0v) is 18.9. The molecule has 0 aliphatic heterocycles. The Labute approximate surface area is 190 Å². The number of hydrogen-bond donors (Lipinski definition) is 2. The van der Waals surface area contributed by atoms with E-state index in [2.05, 4.69) is 25.7 Å². The van der Waals surface area contributed by atoms with Crippen molar-refractivity contribution in [3.05, 3.63) is 66.5 Å². The Morgan fingerprint density at radius 1 is 1.15 bits per heavy atom. The Kier molecular flexibility index (Phi) is 6.38. The maximum Gasteiger partial charge on any atom is 0.251 e. The fourth-order valence-electron chi connectivity index (χ4n) is 3.15. The van der Waals surface area contributed by atoms with Crippen LogP contribution in [0.4, 0.5) is 5.82 Å². The van der Waals surface area contributed by atoms with Crippen molar-refractivity contribution in [2.24, 2.45) is 0 Å². The van der Waals surface area contributed by atoms with Crippen molar-refractivity contribution in [3.8, 4) is 0 Å². The van der Waals surface area contributed by atoms with Crippen LogP contribution in [0.5, 0.6) is 0 Å². The smallest absolute Gasteiger partial charge is 0.251 e. The second kappa shape index (κ2) is 9.38. The molecule has 0 radical (unpaired) electrons. The molecule has 0 aliphatic carbocycles. The lowest BCUT2D eigenvalue weighted by atomic mass is 10.2. The van der Waals surface area contributed by atoms with Gasteiger partial charge in [-0.25, -0.2) is 27.4 Å². The largest absolute Gasteiger partial charge is 0.467 e. The molecule has 0 aliphatic rings. The number of amides is 1. The van der Waals surface area contributed by atoms with E-state index in [0.717, 1.165) is 15.5 Å². The molecule has 0 unspecified atom stereocenters. The van der Waals surface area contributed by atoms with Gasteiger partial charge in [0.2, 0.25) is 10.0 Å². The fourth-order valence-corrected chi connectivity index (χ4v) is 4.05. The summed E-state index contributed by atoms with van der Waals surface area (Å²) in [5, 5.41) is 11.1. The highest BCUT2D eigenvalue weighted by Crippen LogP contribution is 2.19. The van der Waals surface area contributed by atoms with Crippen LogP contribution in [0.2, 0.25) is 0 Å². The Hall–Kier alpha value is -3.77. The minimum Gasteiger partial charge on any atom is -0.467 e. The van der Waals surface area contributed by atoms with E-state index in [-0.39, 0.29) is 10.8 Å². The molecule has 12 heteroatoms. The van der Waals surface area contributed by atoms with Gasteiger partial charge in [0.1, 0.15) is 17.9 Å². The lowest BCUT2D eigenvalue weighted by molar-refractivity contribution is 0.0952. The van der Waals surface area contributed by atoms with Gasteiger partial charge in [0.15, 0.2) is 5.65 Å². The highest BCUT2D eigenvalue weighted by atomic mass is 32.2. The number of furan rings is 1. The maximum atomic E-state index is 12.4. The first-order valence-electron chi connectivity index (χ1n) is 10.1. The van der Waals surface area contributed by atoms with Crippen molar-refractivity contribution in [2.45, 2.75) is 18.0 Å². The number of fused-ring (bicyclic) bond motifs is 1. The number of anilines is 1. The van der Waals surface area contributed by atoms with E-state index in [1.165, 1.54) is 44.7 Å². The van der Waals surface area contributed by atoms with Gasteiger partial charge < -0.3 is 15.1 Å². The van der Waals surface area contributed by atoms with E-state index < -0.39 is 10.0 Å². The summed E-state index contributed by atoms with van der Waals surface area (Å²) in [6.07, 6.45) is 4.73. The Bertz CT molecular complexity index is 1350. The summed E-state index contributed by atoms with van der Waals surface area (Å²) in [5.41, 5.74) is 1.00. The molecule has 0 bridgehead atoms. The van der Waals surface area contributed by atoms with E-state index in [0.29, 0.717) is 36.7 Å². The second-order valence-electron chi connectivity index (χ2n) is 7.33. The normalized spacial score (nSPS) is 11.7. The van der Waals surface area contributed by atoms with E-state index in [1.807, 2.05) is 12.1 Å². The van der Waals surface area contributed by atoms with Crippen LogP contribution in [-0.4, -0.2) is 59.0 Å². The van der Waals surface area contributed by atoms with Crippen LogP contribution < -0.4 is 10.6 Å². The quantitative estimate of drug-likeness (QED) is 0.378. The molecule has 172 valence electrons. The van der Waals surface area contributed by atoms with E-state index in [4.69, 9.17) is 4.42 Å². The molecule has 4 aromatic rings. The van der Waals surface area contributed by atoms with Crippen molar-refractivity contribution in [2.75, 3.05) is 26.0 Å². The van der Waals surface area contributed by atoms with Gasteiger partial charge in [-0.2, -0.15) is 5.10 Å². The second-order valence-corrected chi connectivity index (χ2v) is 9.48. The number of nitrogens with one attached hydrogen (secondary N) is 2. The average Bonchev–Trinajstić information content (AvgIpc) is 3.48. The number of carbonyl (C=O) groups excluding carboxylic acids is 1.